The highest BCUT2D eigenvalue weighted by molar-refractivity contribution is 6.31. The molecule has 0 unspecified atom stereocenters. The first-order valence-corrected chi connectivity index (χ1v) is 5.37. The zero-order chi connectivity index (χ0) is 11.7. The second kappa shape index (κ2) is 4.26. The highest BCUT2D eigenvalue weighted by Gasteiger charge is 2.15. The van der Waals surface area contributed by atoms with Crippen LogP contribution in [0.5, 0.6) is 0 Å². The van der Waals surface area contributed by atoms with Gasteiger partial charge >= 0.3 is 0 Å². The molecule has 1 aliphatic heterocycles. The number of ether oxygens (including phenoxy) is 1. The van der Waals surface area contributed by atoms with E-state index in [1.807, 2.05) is 6.08 Å². The molecule has 0 aliphatic carbocycles. The third kappa shape index (κ3) is 1.83. The van der Waals surface area contributed by atoms with Crippen LogP contribution in [0.4, 0.5) is 0 Å². The second-order valence-corrected chi connectivity index (χ2v) is 3.97. The highest BCUT2D eigenvalue weighted by Crippen LogP contribution is 2.11. The lowest BCUT2D eigenvalue weighted by Gasteiger charge is -2.03. The zero-order valence-electron chi connectivity index (χ0n) is 9.55. The minimum absolute atomic E-state index is 0.547. The fourth-order valence-electron chi connectivity index (χ4n) is 1.76. The molecule has 2 nitrogen and oxygen atoms in total. The number of pyridine rings is 1. The van der Waals surface area contributed by atoms with Gasteiger partial charge < -0.3 is 4.74 Å². The highest BCUT2D eigenvalue weighted by atomic mass is 16.5. The Bertz CT molecular complexity index is 548. The van der Waals surface area contributed by atoms with Crippen LogP contribution in [0.1, 0.15) is 24.5 Å². The fourth-order valence-corrected chi connectivity index (χ4v) is 1.76. The lowest BCUT2D eigenvalue weighted by Crippen LogP contribution is -2.38. The van der Waals surface area contributed by atoms with Gasteiger partial charge in [0.05, 0.1) is 18.6 Å². The number of rotatable bonds is 2. The van der Waals surface area contributed by atoms with E-state index in [-0.39, 0.29) is 0 Å². The molecular formula is C13H14BNO. The van der Waals surface area contributed by atoms with E-state index in [0.29, 0.717) is 18.8 Å². The monoisotopic (exact) mass is 211 g/mol. The van der Waals surface area contributed by atoms with E-state index in [4.69, 9.17) is 12.6 Å². The molecular weight excluding hydrogens is 197 g/mol. The van der Waals surface area contributed by atoms with Gasteiger partial charge in [-0.15, -0.1) is 0 Å². The molecule has 1 aromatic rings. The molecule has 3 heteroatoms. The Morgan fingerprint density at radius 2 is 2.19 bits per heavy atom. The predicted molar refractivity (Wildman–Crippen MR) is 66.8 cm³/mol. The van der Waals surface area contributed by atoms with Crippen molar-refractivity contribution in [3.8, 4) is 0 Å². The summed E-state index contributed by atoms with van der Waals surface area (Å²) in [5, 5.41) is 1.73. The van der Waals surface area contributed by atoms with Crippen molar-refractivity contribution < 1.29 is 4.74 Å². The van der Waals surface area contributed by atoms with Crippen LogP contribution in [-0.2, 0) is 18.0 Å². The Morgan fingerprint density at radius 1 is 1.50 bits per heavy atom. The van der Waals surface area contributed by atoms with E-state index in [9.17, 15) is 0 Å². The first-order chi connectivity index (χ1) is 7.63. The van der Waals surface area contributed by atoms with E-state index in [0.717, 1.165) is 33.7 Å². The van der Waals surface area contributed by atoms with Gasteiger partial charge in [0.2, 0.25) is 0 Å². The normalized spacial score (nSPS) is 15.2. The van der Waals surface area contributed by atoms with Crippen LogP contribution in [-0.4, -0.2) is 12.8 Å². The molecule has 2 heterocycles. The maximum absolute atomic E-state index is 5.89. The van der Waals surface area contributed by atoms with Crippen molar-refractivity contribution in [1.29, 1.82) is 0 Å². The molecule has 1 aromatic heterocycles. The number of hydrogen-bond donors (Lipinski definition) is 0. The maximum Gasteiger partial charge on any atom is 0.142 e. The number of allylic oxidation sites excluding steroid dienone is 1. The van der Waals surface area contributed by atoms with E-state index < -0.39 is 0 Å². The predicted octanol–water partition coefficient (Wildman–Crippen LogP) is 0.0626. The van der Waals surface area contributed by atoms with E-state index in [1.165, 1.54) is 0 Å². The van der Waals surface area contributed by atoms with Gasteiger partial charge in [-0.2, -0.15) is 0 Å². The lowest BCUT2D eigenvalue weighted by atomic mass is 9.94. The largest absolute Gasteiger partial charge is 0.372 e. The second-order valence-electron chi connectivity index (χ2n) is 3.97. The average molecular weight is 211 g/mol. The van der Waals surface area contributed by atoms with Gasteiger partial charge in [0, 0.05) is 0 Å². The SMILES string of the molecule is [B]c1n/c(=C/C(=C)CC)c(=C)c2c1COC2. The Balaban J connectivity index is 2.66. The van der Waals surface area contributed by atoms with Crippen molar-refractivity contribution in [3.05, 3.63) is 33.8 Å². The van der Waals surface area contributed by atoms with Crippen molar-refractivity contribution in [3.63, 3.8) is 0 Å². The van der Waals surface area contributed by atoms with Crippen molar-refractivity contribution >= 4 is 26.1 Å². The molecule has 0 amide bonds. The summed E-state index contributed by atoms with van der Waals surface area (Å²) in [7, 11) is 5.89. The molecule has 2 radical (unpaired) electrons. The minimum atomic E-state index is 0.547. The Hall–Kier alpha value is -1.35. The van der Waals surface area contributed by atoms with Gasteiger partial charge in [-0.05, 0) is 34.4 Å². The molecule has 0 spiro atoms. The lowest BCUT2D eigenvalue weighted by molar-refractivity contribution is 0.134. The van der Waals surface area contributed by atoms with Gasteiger partial charge in [0.15, 0.2) is 0 Å². The molecule has 0 bridgehead atoms. The third-order valence-corrected chi connectivity index (χ3v) is 2.88. The molecule has 0 saturated carbocycles. The van der Waals surface area contributed by atoms with Crippen molar-refractivity contribution in [2.24, 2.45) is 0 Å². The summed E-state index contributed by atoms with van der Waals surface area (Å²) in [4.78, 5) is 4.35. The molecule has 1 aliphatic rings. The maximum atomic E-state index is 5.89. The average Bonchev–Trinajstić information content (AvgIpc) is 2.74. The van der Waals surface area contributed by atoms with Gasteiger partial charge in [-0.1, -0.05) is 25.7 Å². The van der Waals surface area contributed by atoms with E-state index >= 15 is 0 Å². The molecule has 0 aromatic carbocycles. The molecule has 0 atom stereocenters. The summed E-state index contributed by atoms with van der Waals surface area (Å²) < 4.78 is 5.37. The first-order valence-electron chi connectivity index (χ1n) is 5.37. The van der Waals surface area contributed by atoms with Gasteiger partial charge in [0.1, 0.15) is 7.85 Å². The van der Waals surface area contributed by atoms with Gasteiger partial charge in [0.25, 0.3) is 0 Å². The summed E-state index contributed by atoms with van der Waals surface area (Å²) in [6, 6.07) is 0. The van der Waals surface area contributed by atoms with Crippen molar-refractivity contribution in [2.45, 2.75) is 26.6 Å². The van der Waals surface area contributed by atoms with Crippen molar-refractivity contribution in [2.75, 3.05) is 0 Å². The first kappa shape index (κ1) is 11.1. The van der Waals surface area contributed by atoms with E-state index in [1.54, 1.807) is 0 Å². The van der Waals surface area contributed by atoms with Crippen LogP contribution in [0.3, 0.4) is 0 Å². The van der Waals surface area contributed by atoms with Crippen LogP contribution < -0.4 is 16.2 Å². The number of hydrogen-bond acceptors (Lipinski definition) is 2. The molecule has 0 saturated heterocycles. The zero-order valence-corrected chi connectivity index (χ0v) is 9.55. The van der Waals surface area contributed by atoms with Crippen LogP contribution in [0.2, 0.25) is 0 Å². The standard InChI is InChI=1S/C13H14BNO/c1-4-8(2)5-12-9(3)10-6-16-7-11(10)13(14)15-12/h5H,2-4,6-7H2,1H3/b12-5+. The Labute approximate surface area is 96.8 Å². The summed E-state index contributed by atoms with van der Waals surface area (Å²) in [5.74, 6) is 0. The number of aromatic nitrogens is 1. The Kier molecular flexibility index (Phi) is 2.97. The van der Waals surface area contributed by atoms with Gasteiger partial charge in [-0.25, -0.2) is 0 Å². The van der Waals surface area contributed by atoms with Crippen LogP contribution in [0, 0.1) is 0 Å². The number of nitrogens with zero attached hydrogens (tertiary/aromatic N) is 1. The molecule has 0 N–H and O–H groups in total. The third-order valence-electron chi connectivity index (χ3n) is 2.88. The Morgan fingerprint density at radius 3 is 2.88 bits per heavy atom. The molecule has 16 heavy (non-hydrogen) atoms. The number of fused-ring (bicyclic) bond motifs is 1. The van der Waals surface area contributed by atoms with Crippen molar-refractivity contribution in [1.82, 2.24) is 4.98 Å². The fraction of sp³-hybridized carbons (Fsp3) is 0.308. The minimum Gasteiger partial charge on any atom is -0.372 e. The smallest absolute Gasteiger partial charge is 0.142 e. The summed E-state index contributed by atoms with van der Waals surface area (Å²) >= 11 is 0. The van der Waals surface area contributed by atoms with Crippen LogP contribution in [0.25, 0.3) is 12.7 Å². The summed E-state index contributed by atoms with van der Waals surface area (Å²) in [6.45, 7) is 11.2. The summed E-state index contributed by atoms with van der Waals surface area (Å²) in [6.07, 6.45) is 2.84. The quantitative estimate of drug-likeness (QED) is 0.645. The van der Waals surface area contributed by atoms with Crippen LogP contribution >= 0.6 is 0 Å². The topological polar surface area (TPSA) is 22.1 Å². The van der Waals surface area contributed by atoms with Crippen LogP contribution in [0.15, 0.2) is 12.2 Å². The molecule has 2 rings (SSSR count). The molecule has 80 valence electrons. The van der Waals surface area contributed by atoms with E-state index in [2.05, 4.69) is 25.1 Å². The van der Waals surface area contributed by atoms with Gasteiger partial charge in [-0.3, -0.25) is 4.98 Å². The summed E-state index contributed by atoms with van der Waals surface area (Å²) in [5.41, 5.74) is 3.65. The molecule has 0 fully saturated rings.